The summed E-state index contributed by atoms with van der Waals surface area (Å²) in [4.78, 5) is 0. The molecular weight excluding hydrogens is 139 g/mol. The van der Waals surface area contributed by atoms with Gasteiger partial charge in [-0.3, -0.25) is 0 Å². The summed E-state index contributed by atoms with van der Waals surface area (Å²) in [6.45, 7) is 4.87. The molecule has 0 bridgehead atoms. The van der Waals surface area contributed by atoms with Crippen molar-refractivity contribution in [1.82, 2.24) is 0 Å². The van der Waals surface area contributed by atoms with Crippen molar-refractivity contribution in [2.45, 2.75) is 44.9 Å². The fourth-order valence-corrected chi connectivity index (χ4v) is 1.31. The first-order valence-corrected chi connectivity index (χ1v) is 4.45. The zero-order valence-corrected chi connectivity index (χ0v) is 7.67. The predicted molar refractivity (Wildman–Crippen MR) is 47.5 cm³/mol. The lowest BCUT2D eigenvalue weighted by atomic mass is 9.97. The highest BCUT2D eigenvalue weighted by atomic mass is 16.5. The molecule has 0 aromatic carbocycles. The third kappa shape index (κ3) is 3.26. The van der Waals surface area contributed by atoms with Gasteiger partial charge in [0.1, 0.15) is 7.85 Å². The van der Waals surface area contributed by atoms with Crippen LogP contribution in [0, 0.1) is 0 Å². The van der Waals surface area contributed by atoms with Gasteiger partial charge in [-0.15, -0.1) is 0 Å². The first-order chi connectivity index (χ1) is 5.18. The van der Waals surface area contributed by atoms with Crippen LogP contribution in [0.15, 0.2) is 0 Å². The third-order valence-corrected chi connectivity index (χ3v) is 1.94. The summed E-state index contributed by atoms with van der Waals surface area (Å²) in [6.07, 6.45) is 3.03. The number of rotatable bonds is 3. The first kappa shape index (κ1) is 9.08. The number of ether oxygens (including phenoxy) is 2. The molecule has 0 radical (unpaired) electrons. The van der Waals surface area contributed by atoms with E-state index >= 15 is 0 Å². The highest BCUT2D eigenvalue weighted by Crippen LogP contribution is 2.17. The molecule has 1 aliphatic heterocycles. The Bertz CT molecular complexity index is 117. The van der Waals surface area contributed by atoms with Crippen molar-refractivity contribution in [2.24, 2.45) is 0 Å². The maximum Gasteiger partial charge on any atom is 0.139 e. The minimum Gasteiger partial charge on any atom is -0.382 e. The smallest absolute Gasteiger partial charge is 0.139 e. The fourth-order valence-electron chi connectivity index (χ4n) is 1.31. The van der Waals surface area contributed by atoms with Crippen LogP contribution in [0.3, 0.4) is 0 Å². The van der Waals surface area contributed by atoms with E-state index < -0.39 is 0 Å². The van der Waals surface area contributed by atoms with Gasteiger partial charge >= 0.3 is 0 Å². The van der Waals surface area contributed by atoms with Crippen LogP contribution in [0.1, 0.15) is 26.7 Å². The molecule has 3 heteroatoms. The predicted octanol–water partition coefficient (Wildman–Crippen LogP) is 0.550. The van der Waals surface area contributed by atoms with Crippen LogP contribution in [0.5, 0.6) is 0 Å². The van der Waals surface area contributed by atoms with Crippen molar-refractivity contribution >= 4 is 7.85 Å². The molecule has 2 nitrogen and oxygen atoms in total. The summed E-state index contributed by atoms with van der Waals surface area (Å²) >= 11 is 0. The number of hydrogen-bond acceptors (Lipinski definition) is 2. The maximum absolute atomic E-state index is 5.59. The summed E-state index contributed by atoms with van der Waals surface area (Å²) in [5.74, 6) is 0. The lowest BCUT2D eigenvalue weighted by Gasteiger charge is -2.13. The van der Waals surface area contributed by atoms with E-state index in [1.807, 2.05) is 0 Å². The second-order valence-electron chi connectivity index (χ2n) is 3.53. The Hall–Kier alpha value is -0.0151. The Balaban J connectivity index is 2.08. The van der Waals surface area contributed by atoms with Crippen molar-refractivity contribution in [3.8, 4) is 0 Å². The minimum atomic E-state index is 0.328. The van der Waals surface area contributed by atoms with Crippen molar-refractivity contribution in [3.63, 3.8) is 0 Å². The van der Waals surface area contributed by atoms with Gasteiger partial charge in [-0.25, -0.2) is 0 Å². The van der Waals surface area contributed by atoms with Crippen LogP contribution in [-0.2, 0) is 9.47 Å². The standard InChI is InChI=1S/C8H17BO2/c1-6(2)10-5-7-3-4-8(9)11-7/h6-8H,3-5,9H2,1-2H3/t7-,8+/m0/s1. The topological polar surface area (TPSA) is 18.5 Å². The van der Waals surface area contributed by atoms with Gasteiger partial charge in [-0.2, -0.15) is 0 Å². The van der Waals surface area contributed by atoms with E-state index in [1.165, 1.54) is 6.42 Å². The molecule has 0 N–H and O–H groups in total. The van der Waals surface area contributed by atoms with Crippen LogP contribution in [0.2, 0.25) is 0 Å². The van der Waals surface area contributed by atoms with E-state index in [0.717, 1.165) is 13.0 Å². The average Bonchev–Trinajstić information content (AvgIpc) is 2.31. The molecule has 1 fully saturated rings. The second kappa shape index (κ2) is 4.12. The molecule has 0 saturated carbocycles. The molecule has 0 unspecified atom stereocenters. The van der Waals surface area contributed by atoms with Gasteiger partial charge in [0.25, 0.3) is 0 Å². The number of hydrogen-bond donors (Lipinski definition) is 0. The quantitative estimate of drug-likeness (QED) is 0.555. The Morgan fingerprint density at radius 2 is 2.27 bits per heavy atom. The van der Waals surface area contributed by atoms with Crippen LogP contribution in [0.4, 0.5) is 0 Å². The first-order valence-electron chi connectivity index (χ1n) is 4.45. The molecule has 1 heterocycles. The van der Waals surface area contributed by atoms with Gasteiger partial charge < -0.3 is 9.47 Å². The van der Waals surface area contributed by atoms with Crippen LogP contribution < -0.4 is 0 Å². The Kier molecular flexibility index (Phi) is 3.40. The summed E-state index contributed by atoms with van der Waals surface area (Å²) in [7, 11) is 2.12. The van der Waals surface area contributed by atoms with E-state index in [0.29, 0.717) is 18.2 Å². The lowest BCUT2D eigenvalue weighted by Crippen LogP contribution is -2.19. The molecule has 2 atom stereocenters. The molecule has 0 spiro atoms. The Morgan fingerprint density at radius 1 is 1.55 bits per heavy atom. The second-order valence-corrected chi connectivity index (χ2v) is 3.53. The molecule has 0 aromatic rings. The maximum atomic E-state index is 5.59. The fraction of sp³-hybridized carbons (Fsp3) is 1.00. The van der Waals surface area contributed by atoms with Crippen molar-refractivity contribution in [2.75, 3.05) is 6.61 Å². The van der Waals surface area contributed by atoms with E-state index in [4.69, 9.17) is 9.47 Å². The Labute approximate surface area is 69.7 Å². The molecule has 0 amide bonds. The van der Waals surface area contributed by atoms with Gasteiger partial charge in [0, 0.05) is 6.00 Å². The van der Waals surface area contributed by atoms with Gasteiger partial charge in [0.15, 0.2) is 0 Å². The van der Waals surface area contributed by atoms with Gasteiger partial charge in [-0.1, -0.05) is 0 Å². The molecule has 1 rings (SSSR count). The largest absolute Gasteiger partial charge is 0.382 e. The van der Waals surface area contributed by atoms with Crippen LogP contribution in [0.25, 0.3) is 0 Å². The van der Waals surface area contributed by atoms with E-state index in [9.17, 15) is 0 Å². The zero-order chi connectivity index (χ0) is 8.27. The van der Waals surface area contributed by atoms with Gasteiger partial charge in [0.2, 0.25) is 0 Å². The molecular formula is C8H17BO2. The van der Waals surface area contributed by atoms with Crippen molar-refractivity contribution < 1.29 is 9.47 Å². The third-order valence-electron chi connectivity index (χ3n) is 1.94. The molecule has 64 valence electrons. The highest BCUT2D eigenvalue weighted by molar-refractivity contribution is 6.11. The van der Waals surface area contributed by atoms with Crippen LogP contribution in [-0.4, -0.2) is 32.7 Å². The van der Waals surface area contributed by atoms with E-state index in [-0.39, 0.29) is 0 Å². The Morgan fingerprint density at radius 3 is 2.73 bits per heavy atom. The van der Waals surface area contributed by atoms with E-state index in [1.54, 1.807) is 0 Å². The summed E-state index contributed by atoms with van der Waals surface area (Å²) in [5.41, 5.74) is 0. The van der Waals surface area contributed by atoms with Crippen molar-refractivity contribution in [1.29, 1.82) is 0 Å². The summed E-state index contributed by atoms with van der Waals surface area (Å²) in [6, 6.07) is 0.441. The van der Waals surface area contributed by atoms with Crippen molar-refractivity contribution in [3.05, 3.63) is 0 Å². The SMILES string of the molecule is B[C@H]1CC[C@@H](COC(C)C)O1. The summed E-state index contributed by atoms with van der Waals surface area (Å²) < 4.78 is 11.0. The van der Waals surface area contributed by atoms with Gasteiger partial charge in [0.05, 0.1) is 18.8 Å². The monoisotopic (exact) mass is 156 g/mol. The molecule has 1 saturated heterocycles. The highest BCUT2D eigenvalue weighted by Gasteiger charge is 2.21. The average molecular weight is 156 g/mol. The van der Waals surface area contributed by atoms with Crippen LogP contribution >= 0.6 is 0 Å². The lowest BCUT2D eigenvalue weighted by molar-refractivity contribution is -0.0154. The molecule has 11 heavy (non-hydrogen) atoms. The summed E-state index contributed by atoms with van der Waals surface area (Å²) in [5, 5.41) is 0. The molecule has 1 aliphatic rings. The zero-order valence-electron chi connectivity index (χ0n) is 7.67. The normalized spacial score (nSPS) is 31.5. The van der Waals surface area contributed by atoms with Gasteiger partial charge in [-0.05, 0) is 26.7 Å². The van der Waals surface area contributed by atoms with E-state index in [2.05, 4.69) is 21.7 Å². The minimum absolute atomic E-state index is 0.328. The molecule has 0 aromatic heterocycles. The molecule has 0 aliphatic carbocycles.